The van der Waals surface area contributed by atoms with Crippen molar-refractivity contribution in [1.29, 1.82) is 0 Å². The Bertz CT molecular complexity index is 494. The predicted octanol–water partition coefficient (Wildman–Crippen LogP) is 2.10. The normalized spacial score (nSPS) is 23.5. The molecule has 3 nitrogen and oxygen atoms in total. The fraction of sp³-hybridized carbons (Fsp3) is 0.500. The molecule has 1 saturated heterocycles. The van der Waals surface area contributed by atoms with Crippen LogP contribution in [-0.2, 0) is 0 Å². The van der Waals surface area contributed by atoms with E-state index in [2.05, 4.69) is 5.32 Å². The highest BCUT2D eigenvalue weighted by Crippen LogP contribution is 2.20. The summed E-state index contributed by atoms with van der Waals surface area (Å²) in [6.07, 6.45) is 0. The average molecular weight is 268 g/mol. The minimum absolute atomic E-state index is 0.0130. The van der Waals surface area contributed by atoms with Crippen LogP contribution < -0.4 is 5.32 Å². The third-order valence-corrected chi connectivity index (χ3v) is 3.54. The van der Waals surface area contributed by atoms with Crippen molar-refractivity contribution < 1.29 is 13.6 Å². The molecule has 1 N–H and O–H groups in total. The molecule has 1 aliphatic rings. The van der Waals surface area contributed by atoms with Gasteiger partial charge in [-0.2, -0.15) is 0 Å². The molecule has 0 bridgehead atoms. The van der Waals surface area contributed by atoms with Crippen LogP contribution in [0.25, 0.3) is 0 Å². The molecule has 2 unspecified atom stereocenters. The molecule has 19 heavy (non-hydrogen) atoms. The maximum atomic E-state index is 13.8. The Kier molecular flexibility index (Phi) is 3.85. The first kappa shape index (κ1) is 13.9. The van der Waals surface area contributed by atoms with Crippen LogP contribution in [0.3, 0.4) is 0 Å². The van der Waals surface area contributed by atoms with Crippen LogP contribution in [-0.4, -0.2) is 36.0 Å². The summed E-state index contributed by atoms with van der Waals surface area (Å²) in [7, 11) is 0. The number of hydrogen-bond donors (Lipinski definition) is 1. The van der Waals surface area contributed by atoms with E-state index in [1.807, 2.05) is 13.8 Å². The van der Waals surface area contributed by atoms with Crippen molar-refractivity contribution >= 4 is 5.91 Å². The quantitative estimate of drug-likeness (QED) is 0.846. The zero-order valence-electron chi connectivity index (χ0n) is 11.3. The lowest BCUT2D eigenvalue weighted by atomic mass is 10.0. The van der Waals surface area contributed by atoms with Gasteiger partial charge < -0.3 is 10.2 Å². The molecule has 0 aliphatic carbocycles. The van der Waals surface area contributed by atoms with Crippen molar-refractivity contribution in [2.75, 3.05) is 13.1 Å². The molecular formula is C14H18F2N2O. The lowest BCUT2D eigenvalue weighted by molar-refractivity contribution is 0.0539. The summed E-state index contributed by atoms with van der Waals surface area (Å²) in [4.78, 5) is 14.1. The van der Waals surface area contributed by atoms with Gasteiger partial charge in [-0.05, 0) is 32.4 Å². The van der Waals surface area contributed by atoms with Gasteiger partial charge in [0.05, 0.1) is 5.56 Å². The van der Waals surface area contributed by atoms with E-state index < -0.39 is 11.6 Å². The Labute approximate surface area is 111 Å². The predicted molar refractivity (Wildman–Crippen MR) is 69.1 cm³/mol. The monoisotopic (exact) mass is 268 g/mol. The van der Waals surface area contributed by atoms with Gasteiger partial charge in [0.15, 0.2) is 0 Å². The summed E-state index contributed by atoms with van der Waals surface area (Å²) in [5.41, 5.74) is 0.222. The Morgan fingerprint density at radius 1 is 1.21 bits per heavy atom. The summed E-state index contributed by atoms with van der Waals surface area (Å²) in [5, 5.41) is 3.21. The van der Waals surface area contributed by atoms with Crippen LogP contribution in [0, 0.1) is 18.6 Å². The number of aryl methyl sites for hydroxylation is 1. The van der Waals surface area contributed by atoms with Gasteiger partial charge in [-0.25, -0.2) is 8.78 Å². The molecule has 1 heterocycles. The highest BCUT2D eigenvalue weighted by molar-refractivity contribution is 5.95. The van der Waals surface area contributed by atoms with Gasteiger partial charge in [0.25, 0.3) is 5.91 Å². The average Bonchev–Trinajstić information content (AvgIpc) is 2.33. The number of piperazine rings is 1. The van der Waals surface area contributed by atoms with E-state index in [0.29, 0.717) is 13.1 Å². The molecule has 0 aromatic heterocycles. The molecule has 0 saturated carbocycles. The highest BCUT2D eigenvalue weighted by atomic mass is 19.1. The smallest absolute Gasteiger partial charge is 0.257 e. The Hall–Kier alpha value is -1.49. The molecule has 2 rings (SSSR count). The zero-order chi connectivity index (χ0) is 14.2. The van der Waals surface area contributed by atoms with Crippen molar-refractivity contribution in [3.05, 3.63) is 34.9 Å². The third kappa shape index (κ3) is 2.61. The first-order chi connectivity index (χ1) is 8.91. The second-order valence-corrected chi connectivity index (χ2v) is 5.15. The van der Waals surface area contributed by atoms with E-state index in [1.165, 1.54) is 13.0 Å². The van der Waals surface area contributed by atoms with Gasteiger partial charge in [0.1, 0.15) is 11.6 Å². The standard InChI is InChI=1S/C14H18F2N2O/c1-8-4-11(13(16)5-12(8)15)14(19)18-9(2)6-17-7-10(18)3/h4-5,9-10,17H,6-7H2,1-3H3. The van der Waals surface area contributed by atoms with Crippen LogP contribution in [0.2, 0.25) is 0 Å². The number of nitrogens with one attached hydrogen (secondary N) is 1. The molecule has 1 aliphatic heterocycles. The zero-order valence-corrected chi connectivity index (χ0v) is 11.3. The molecule has 104 valence electrons. The first-order valence-electron chi connectivity index (χ1n) is 6.41. The van der Waals surface area contributed by atoms with Crippen LogP contribution in [0.1, 0.15) is 29.8 Å². The number of carbonyl (C=O) groups is 1. The van der Waals surface area contributed by atoms with Gasteiger partial charge in [-0.3, -0.25) is 4.79 Å². The van der Waals surface area contributed by atoms with Crippen LogP contribution in [0.4, 0.5) is 8.78 Å². The number of halogens is 2. The molecule has 1 amide bonds. The highest BCUT2D eigenvalue weighted by Gasteiger charge is 2.31. The second-order valence-electron chi connectivity index (χ2n) is 5.15. The van der Waals surface area contributed by atoms with Gasteiger partial charge in [-0.15, -0.1) is 0 Å². The van der Waals surface area contributed by atoms with Crippen molar-refractivity contribution in [2.45, 2.75) is 32.9 Å². The third-order valence-electron chi connectivity index (χ3n) is 3.54. The summed E-state index contributed by atoms with van der Waals surface area (Å²) >= 11 is 0. The summed E-state index contributed by atoms with van der Waals surface area (Å²) < 4.78 is 27.0. The Morgan fingerprint density at radius 2 is 1.79 bits per heavy atom. The van der Waals surface area contributed by atoms with E-state index >= 15 is 0 Å². The lowest BCUT2D eigenvalue weighted by Crippen LogP contribution is -2.57. The molecule has 1 fully saturated rings. The number of benzene rings is 1. The fourth-order valence-corrected chi connectivity index (χ4v) is 2.49. The van der Waals surface area contributed by atoms with E-state index in [1.54, 1.807) is 4.90 Å². The van der Waals surface area contributed by atoms with E-state index in [4.69, 9.17) is 0 Å². The molecule has 0 spiro atoms. The molecule has 1 aromatic carbocycles. The van der Waals surface area contributed by atoms with Crippen LogP contribution in [0.15, 0.2) is 12.1 Å². The molecule has 5 heteroatoms. The number of nitrogens with zero attached hydrogens (tertiary/aromatic N) is 1. The van der Waals surface area contributed by atoms with Crippen LogP contribution in [0.5, 0.6) is 0 Å². The van der Waals surface area contributed by atoms with Gasteiger partial charge in [0.2, 0.25) is 0 Å². The maximum Gasteiger partial charge on any atom is 0.257 e. The first-order valence-corrected chi connectivity index (χ1v) is 6.41. The lowest BCUT2D eigenvalue weighted by Gasteiger charge is -2.39. The molecule has 0 radical (unpaired) electrons. The molecule has 2 atom stereocenters. The van der Waals surface area contributed by atoms with E-state index in [-0.39, 0.29) is 29.1 Å². The van der Waals surface area contributed by atoms with Gasteiger partial charge in [-0.1, -0.05) is 0 Å². The van der Waals surface area contributed by atoms with Crippen molar-refractivity contribution in [3.8, 4) is 0 Å². The Balaban J connectivity index is 2.35. The minimum atomic E-state index is -0.800. The molecule has 1 aromatic rings. The SMILES string of the molecule is Cc1cc(C(=O)N2C(C)CNCC2C)c(F)cc1F. The summed E-state index contributed by atoms with van der Waals surface area (Å²) in [5.74, 6) is -1.80. The number of rotatable bonds is 1. The van der Waals surface area contributed by atoms with Crippen molar-refractivity contribution in [2.24, 2.45) is 0 Å². The number of amides is 1. The van der Waals surface area contributed by atoms with E-state index in [0.717, 1.165) is 6.07 Å². The van der Waals surface area contributed by atoms with Crippen molar-refractivity contribution in [1.82, 2.24) is 10.2 Å². The fourth-order valence-electron chi connectivity index (χ4n) is 2.49. The number of carbonyl (C=O) groups excluding carboxylic acids is 1. The maximum absolute atomic E-state index is 13.8. The van der Waals surface area contributed by atoms with Gasteiger partial charge >= 0.3 is 0 Å². The minimum Gasteiger partial charge on any atom is -0.331 e. The molecular weight excluding hydrogens is 250 g/mol. The largest absolute Gasteiger partial charge is 0.331 e. The summed E-state index contributed by atoms with van der Waals surface area (Å²) in [6.45, 7) is 6.70. The Morgan fingerprint density at radius 3 is 2.37 bits per heavy atom. The van der Waals surface area contributed by atoms with Gasteiger partial charge in [0, 0.05) is 31.2 Å². The summed E-state index contributed by atoms with van der Waals surface area (Å²) in [6, 6.07) is 2.04. The topological polar surface area (TPSA) is 32.3 Å². The van der Waals surface area contributed by atoms with E-state index in [9.17, 15) is 13.6 Å². The van der Waals surface area contributed by atoms with Crippen LogP contribution >= 0.6 is 0 Å². The number of hydrogen-bond acceptors (Lipinski definition) is 2. The van der Waals surface area contributed by atoms with Crippen molar-refractivity contribution in [3.63, 3.8) is 0 Å². The second kappa shape index (κ2) is 5.25.